The van der Waals surface area contributed by atoms with Crippen LogP contribution in [0.2, 0.25) is 0 Å². The second-order valence-electron chi connectivity index (χ2n) is 4.53. The zero-order valence-corrected chi connectivity index (χ0v) is 12.8. The first-order valence-corrected chi connectivity index (χ1v) is 7.99. The SMILES string of the molecule is Cn1nnc(Br)c1S(=O)(=O)N1CCC(C(F)(F)F)CC1. The van der Waals surface area contributed by atoms with Crippen molar-refractivity contribution in [3.05, 3.63) is 4.60 Å². The molecule has 1 aromatic rings. The predicted octanol–water partition coefficient (Wildman–Crippen LogP) is 1.54. The molecule has 0 bridgehead atoms. The van der Waals surface area contributed by atoms with Crippen LogP contribution in [-0.2, 0) is 17.1 Å². The highest BCUT2D eigenvalue weighted by Crippen LogP contribution is 2.35. The molecule has 2 heterocycles. The molecular formula is C9H12BrF3N4O2S. The summed E-state index contributed by atoms with van der Waals surface area (Å²) in [4.78, 5) is 0. The Hall–Kier alpha value is -0.680. The number of rotatable bonds is 2. The van der Waals surface area contributed by atoms with E-state index in [-0.39, 0.29) is 35.6 Å². The van der Waals surface area contributed by atoms with E-state index in [1.54, 1.807) is 0 Å². The van der Waals surface area contributed by atoms with E-state index >= 15 is 0 Å². The molecule has 1 aliphatic rings. The summed E-state index contributed by atoms with van der Waals surface area (Å²) in [5.41, 5.74) is 0. The topological polar surface area (TPSA) is 68.1 Å². The maximum absolute atomic E-state index is 12.6. The molecule has 0 amide bonds. The van der Waals surface area contributed by atoms with Gasteiger partial charge in [-0.2, -0.15) is 17.5 Å². The molecule has 0 unspecified atom stereocenters. The monoisotopic (exact) mass is 376 g/mol. The second-order valence-corrected chi connectivity index (χ2v) is 7.13. The summed E-state index contributed by atoms with van der Waals surface area (Å²) < 4.78 is 64.6. The molecule has 1 aliphatic heterocycles. The number of piperidine rings is 1. The Morgan fingerprint density at radius 2 is 1.85 bits per heavy atom. The smallest absolute Gasteiger partial charge is 0.235 e. The van der Waals surface area contributed by atoms with Crippen LogP contribution in [0.15, 0.2) is 9.63 Å². The highest BCUT2D eigenvalue weighted by atomic mass is 79.9. The number of aromatic nitrogens is 3. The van der Waals surface area contributed by atoms with E-state index in [1.807, 2.05) is 0 Å². The minimum atomic E-state index is -4.27. The van der Waals surface area contributed by atoms with E-state index in [2.05, 4.69) is 26.2 Å². The predicted molar refractivity (Wildman–Crippen MR) is 66.2 cm³/mol. The highest BCUT2D eigenvalue weighted by molar-refractivity contribution is 9.10. The number of aryl methyl sites for hydroxylation is 1. The number of alkyl halides is 3. The number of sulfonamides is 1. The minimum Gasteiger partial charge on any atom is -0.235 e. The van der Waals surface area contributed by atoms with Crippen LogP contribution in [-0.4, -0.2) is 47.0 Å². The van der Waals surface area contributed by atoms with Crippen LogP contribution < -0.4 is 0 Å². The van der Waals surface area contributed by atoms with E-state index in [0.29, 0.717) is 0 Å². The first kappa shape index (κ1) is 15.7. The molecule has 0 saturated carbocycles. The van der Waals surface area contributed by atoms with Gasteiger partial charge in [-0.25, -0.2) is 13.1 Å². The van der Waals surface area contributed by atoms with Crippen molar-refractivity contribution in [3.63, 3.8) is 0 Å². The fourth-order valence-corrected chi connectivity index (χ4v) is 4.64. The number of halogens is 4. The molecule has 1 aromatic heterocycles. The molecular weight excluding hydrogens is 365 g/mol. The largest absolute Gasteiger partial charge is 0.391 e. The molecule has 0 spiro atoms. The molecule has 6 nitrogen and oxygen atoms in total. The van der Waals surface area contributed by atoms with E-state index in [9.17, 15) is 21.6 Å². The quantitative estimate of drug-likeness (QED) is 0.784. The summed E-state index contributed by atoms with van der Waals surface area (Å²) in [5, 5.41) is 6.99. The van der Waals surface area contributed by atoms with Gasteiger partial charge in [0.15, 0.2) is 4.60 Å². The lowest BCUT2D eigenvalue weighted by Gasteiger charge is -2.31. The van der Waals surface area contributed by atoms with Gasteiger partial charge in [-0.15, -0.1) is 5.10 Å². The fourth-order valence-electron chi connectivity index (χ4n) is 2.14. The van der Waals surface area contributed by atoms with Crippen molar-refractivity contribution >= 4 is 26.0 Å². The summed E-state index contributed by atoms with van der Waals surface area (Å²) in [6.45, 7) is -0.325. The molecule has 20 heavy (non-hydrogen) atoms. The Bertz CT molecular complexity index is 573. The molecule has 2 rings (SSSR count). The minimum absolute atomic E-state index is 0.0537. The van der Waals surface area contributed by atoms with Gasteiger partial charge in [0.1, 0.15) is 0 Å². The maximum Gasteiger partial charge on any atom is 0.391 e. The van der Waals surface area contributed by atoms with Crippen LogP contribution in [0, 0.1) is 5.92 Å². The van der Waals surface area contributed by atoms with Crippen LogP contribution in [0.3, 0.4) is 0 Å². The molecule has 0 N–H and O–H groups in total. The number of hydrogen-bond acceptors (Lipinski definition) is 4. The number of nitrogens with zero attached hydrogens (tertiary/aromatic N) is 4. The molecule has 0 aliphatic carbocycles. The van der Waals surface area contributed by atoms with E-state index < -0.39 is 22.1 Å². The Labute approximate surface area is 122 Å². The molecule has 0 atom stereocenters. The third kappa shape index (κ3) is 2.84. The normalized spacial score (nSPS) is 19.4. The van der Waals surface area contributed by atoms with Crippen molar-refractivity contribution in [1.82, 2.24) is 19.3 Å². The summed E-state index contributed by atoms with van der Waals surface area (Å²) in [5.74, 6) is -1.44. The third-order valence-electron chi connectivity index (χ3n) is 3.24. The van der Waals surface area contributed by atoms with Crippen molar-refractivity contribution in [2.45, 2.75) is 24.0 Å². The third-order valence-corrected chi connectivity index (χ3v) is 6.03. The first-order chi connectivity index (χ1) is 9.14. The van der Waals surface area contributed by atoms with Crippen LogP contribution in [0.5, 0.6) is 0 Å². The molecule has 114 valence electrons. The van der Waals surface area contributed by atoms with Crippen molar-refractivity contribution in [2.75, 3.05) is 13.1 Å². The maximum atomic E-state index is 12.6. The molecule has 1 fully saturated rings. The average Bonchev–Trinajstić information content (AvgIpc) is 2.68. The van der Waals surface area contributed by atoms with Crippen molar-refractivity contribution in [3.8, 4) is 0 Å². The van der Waals surface area contributed by atoms with E-state index in [4.69, 9.17) is 0 Å². The van der Waals surface area contributed by atoms with Crippen molar-refractivity contribution < 1.29 is 21.6 Å². The Balaban J connectivity index is 2.18. The average molecular weight is 377 g/mol. The first-order valence-electron chi connectivity index (χ1n) is 5.76. The zero-order valence-electron chi connectivity index (χ0n) is 10.4. The van der Waals surface area contributed by atoms with Gasteiger partial charge in [-0.1, -0.05) is 5.21 Å². The van der Waals surface area contributed by atoms with Gasteiger partial charge in [0.25, 0.3) is 10.0 Å². The van der Waals surface area contributed by atoms with Crippen LogP contribution in [0.4, 0.5) is 13.2 Å². The highest BCUT2D eigenvalue weighted by Gasteiger charge is 2.43. The summed E-state index contributed by atoms with van der Waals surface area (Å²) in [6.07, 6.45) is -4.73. The lowest BCUT2D eigenvalue weighted by atomic mass is 9.98. The molecule has 11 heteroatoms. The van der Waals surface area contributed by atoms with Gasteiger partial charge < -0.3 is 0 Å². The van der Waals surface area contributed by atoms with Gasteiger partial charge in [0, 0.05) is 20.1 Å². The standard InChI is InChI=1S/C9H12BrF3N4O2S/c1-16-8(7(10)14-15-16)20(18,19)17-4-2-6(3-5-17)9(11,12)13/h6H,2-5H2,1H3. The number of hydrogen-bond donors (Lipinski definition) is 0. The summed E-state index contributed by atoms with van der Waals surface area (Å²) in [6, 6.07) is 0. The van der Waals surface area contributed by atoms with E-state index in [0.717, 1.165) is 8.99 Å². The van der Waals surface area contributed by atoms with Crippen LogP contribution in [0.25, 0.3) is 0 Å². The lowest BCUT2D eigenvalue weighted by Crippen LogP contribution is -2.42. The van der Waals surface area contributed by atoms with Gasteiger partial charge >= 0.3 is 6.18 Å². The van der Waals surface area contributed by atoms with Gasteiger partial charge in [-0.3, -0.25) is 0 Å². The van der Waals surface area contributed by atoms with Crippen molar-refractivity contribution in [2.24, 2.45) is 13.0 Å². The zero-order chi connectivity index (χ0) is 15.1. The lowest BCUT2D eigenvalue weighted by molar-refractivity contribution is -0.182. The van der Waals surface area contributed by atoms with Gasteiger partial charge in [0.2, 0.25) is 5.03 Å². The Morgan fingerprint density at radius 1 is 1.30 bits per heavy atom. The molecule has 1 saturated heterocycles. The fraction of sp³-hybridized carbons (Fsp3) is 0.778. The van der Waals surface area contributed by atoms with E-state index in [1.165, 1.54) is 7.05 Å². The summed E-state index contributed by atoms with van der Waals surface area (Å²) in [7, 11) is -2.48. The van der Waals surface area contributed by atoms with Crippen LogP contribution >= 0.6 is 15.9 Å². The summed E-state index contributed by atoms with van der Waals surface area (Å²) >= 11 is 2.98. The Kier molecular flexibility index (Phi) is 4.13. The van der Waals surface area contributed by atoms with Gasteiger partial charge in [-0.05, 0) is 28.8 Å². The molecule has 0 radical (unpaired) electrons. The van der Waals surface area contributed by atoms with Gasteiger partial charge in [0.05, 0.1) is 5.92 Å². The van der Waals surface area contributed by atoms with Crippen LogP contribution in [0.1, 0.15) is 12.8 Å². The Morgan fingerprint density at radius 3 is 2.25 bits per heavy atom. The molecule has 0 aromatic carbocycles. The second kappa shape index (κ2) is 5.26. The van der Waals surface area contributed by atoms with Crippen molar-refractivity contribution in [1.29, 1.82) is 0 Å².